The molecule has 0 spiro atoms. The number of amides is 1. The number of benzene rings is 2. The Balaban J connectivity index is 1.80. The van der Waals surface area contributed by atoms with Gasteiger partial charge in [0, 0.05) is 12.7 Å². The molecule has 1 amide bonds. The van der Waals surface area contributed by atoms with Crippen molar-refractivity contribution in [1.82, 2.24) is 14.8 Å². The molecule has 0 saturated heterocycles. The molecule has 0 radical (unpaired) electrons. The molecule has 6 nitrogen and oxygen atoms in total. The molecule has 3 aromatic rings. The molecule has 0 unspecified atom stereocenters. The fourth-order valence-corrected chi connectivity index (χ4v) is 3.88. The van der Waals surface area contributed by atoms with Crippen LogP contribution in [0.1, 0.15) is 12.5 Å². The van der Waals surface area contributed by atoms with Crippen LogP contribution < -0.4 is 5.32 Å². The van der Waals surface area contributed by atoms with Gasteiger partial charge in [-0.15, -0.1) is 10.2 Å². The second-order valence-corrected chi connectivity index (χ2v) is 8.41. The number of methoxy groups -OCH3 is 1. The molecular formula is C21H22ClFN4O2S. The maximum atomic E-state index is 13.2. The van der Waals surface area contributed by atoms with Crippen molar-refractivity contribution >= 4 is 35.0 Å². The second-order valence-electron chi connectivity index (χ2n) is 6.69. The number of carbonyl (C=O) groups is 1. The predicted octanol–water partition coefficient (Wildman–Crippen LogP) is 4.81. The van der Waals surface area contributed by atoms with E-state index in [1.807, 2.05) is 35.8 Å². The summed E-state index contributed by atoms with van der Waals surface area (Å²) >= 11 is 7.28. The fraction of sp³-hybridized carbons (Fsp3) is 0.286. The molecule has 0 saturated carbocycles. The zero-order valence-electron chi connectivity index (χ0n) is 16.9. The van der Waals surface area contributed by atoms with Gasteiger partial charge in [-0.05, 0) is 38.1 Å². The molecule has 9 heteroatoms. The molecule has 0 bridgehead atoms. The van der Waals surface area contributed by atoms with Gasteiger partial charge in [0.15, 0.2) is 11.0 Å². The summed E-state index contributed by atoms with van der Waals surface area (Å²) in [6, 6.07) is 11.8. The van der Waals surface area contributed by atoms with Crippen LogP contribution in [0.4, 0.5) is 10.1 Å². The molecule has 1 atom stereocenters. The lowest BCUT2D eigenvalue weighted by Gasteiger charge is -2.14. The van der Waals surface area contributed by atoms with E-state index in [-0.39, 0.29) is 10.9 Å². The SMILES string of the molecule is COCCn1c(S[C@@H](C)C(=O)Nc2ccc(F)cc2Cl)nnc1-c1cccc(C)c1. The van der Waals surface area contributed by atoms with E-state index in [1.165, 1.54) is 23.9 Å². The van der Waals surface area contributed by atoms with E-state index in [0.717, 1.165) is 17.2 Å². The third-order valence-electron chi connectivity index (χ3n) is 4.35. The molecule has 0 aliphatic rings. The topological polar surface area (TPSA) is 69.0 Å². The lowest BCUT2D eigenvalue weighted by atomic mass is 10.1. The summed E-state index contributed by atoms with van der Waals surface area (Å²) in [6.07, 6.45) is 0. The summed E-state index contributed by atoms with van der Waals surface area (Å²) in [6.45, 7) is 4.81. The molecule has 0 aliphatic carbocycles. The highest BCUT2D eigenvalue weighted by Crippen LogP contribution is 2.29. The summed E-state index contributed by atoms with van der Waals surface area (Å²) in [4.78, 5) is 12.6. The van der Waals surface area contributed by atoms with Crippen LogP contribution in [0.2, 0.25) is 5.02 Å². The minimum absolute atomic E-state index is 0.144. The molecule has 1 aromatic heterocycles. The Bertz CT molecular complexity index is 1040. The highest BCUT2D eigenvalue weighted by atomic mass is 35.5. The monoisotopic (exact) mass is 448 g/mol. The molecule has 0 fully saturated rings. The third kappa shape index (κ3) is 5.38. The van der Waals surface area contributed by atoms with E-state index in [0.29, 0.717) is 29.8 Å². The van der Waals surface area contributed by atoms with Crippen molar-refractivity contribution in [3.05, 3.63) is 58.9 Å². The maximum absolute atomic E-state index is 13.2. The Kier molecular flexibility index (Phi) is 7.47. The minimum Gasteiger partial charge on any atom is -0.383 e. The average Bonchev–Trinajstić information content (AvgIpc) is 3.10. The lowest BCUT2D eigenvalue weighted by molar-refractivity contribution is -0.115. The summed E-state index contributed by atoms with van der Waals surface area (Å²) in [5, 5.41) is 11.6. The van der Waals surface area contributed by atoms with Crippen LogP contribution >= 0.6 is 23.4 Å². The first-order chi connectivity index (χ1) is 14.4. The number of nitrogens with zero attached hydrogens (tertiary/aromatic N) is 3. The van der Waals surface area contributed by atoms with E-state index < -0.39 is 11.1 Å². The summed E-state index contributed by atoms with van der Waals surface area (Å²) in [5.41, 5.74) is 2.42. The Morgan fingerprint density at radius 3 is 2.80 bits per heavy atom. The Morgan fingerprint density at radius 2 is 2.10 bits per heavy atom. The van der Waals surface area contributed by atoms with Crippen LogP contribution in [0.25, 0.3) is 11.4 Å². The molecule has 0 aliphatic heterocycles. The number of thioether (sulfide) groups is 1. The summed E-state index contributed by atoms with van der Waals surface area (Å²) in [7, 11) is 1.63. The first-order valence-corrected chi connectivity index (χ1v) is 10.6. The Morgan fingerprint density at radius 1 is 1.30 bits per heavy atom. The van der Waals surface area contributed by atoms with Crippen molar-refractivity contribution < 1.29 is 13.9 Å². The normalized spacial score (nSPS) is 12.0. The van der Waals surface area contributed by atoms with Crippen molar-refractivity contribution in [3.8, 4) is 11.4 Å². The standard InChI is InChI=1S/C21H22ClFN4O2S/c1-13-5-4-6-15(11-13)19-25-26-21(27(19)9-10-29-3)30-14(2)20(28)24-18-8-7-16(23)12-17(18)22/h4-8,11-12,14H,9-10H2,1-3H3,(H,24,28)/t14-/m0/s1. The minimum atomic E-state index is -0.484. The van der Waals surface area contributed by atoms with E-state index in [4.69, 9.17) is 16.3 Å². The lowest BCUT2D eigenvalue weighted by Crippen LogP contribution is -2.23. The number of rotatable bonds is 8. The molecular weight excluding hydrogens is 427 g/mol. The first kappa shape index (κ1) is 22.3. The molecule has 3 rings (SSSR count). The number of halogens is 2. The van der Waals surface area contributed by atoms with Crippen LogP contribution in [-0.2, 0) is 16.1 Å². The van der Waals surface area contributed by atoms with E-state index in [2.05, 4.69) is 15.5 Å². The van der Waals surface area contributed by atoms with Crippen molar-refractivity contribution in [2.75, 3.05) is 19.0 Å². The van der Waals surface area contributed by atoms with Gasteiger partial charge in [-0.3, -0.25) is 9.36 Å². The van der Waals surface area contributed by atoms with Gasteiger partial charge in [0.2, 0.25) is 5.91 Å². The van der Waals surface area contributed by atoms with Crippen molar-refractivity contribution in [2.45, 2.75) is 30.8 Å². The number of hydrogen-bond donors (Lipinski definition) is 1. The van der Waals surface area contributed by atoms with Crippen molar-refractivity contribution in [1.29, 1.82) is 0 Å². The predicted molar refractivity (Wildman–Crippen MR) is 117 cm³/mol. The van der Waals surface area contributed by atoms with E-state index in [1.54, 1.807) is 14.0 Å². The number of hydrogen-bond acceptors (Lipinski definition) is 5. The number of nitrogens with one attached hydrogen (secondary N) is 1. The average molecular weight is 449 g/mol. The largest absolute Gasteiger partial charge is 0.383 e. The number of ether oxygens (including phenoxy) is 1. The van der Waals surface area contributed by atoms with Crippen LogP contribution in [0, 0.1) is 12.7 Å². The van der Waals surface area contributed by atoms with Gasteiger partial charge < -0.3 is 10.1 Å². The maximum Gasteiger partial charge on any atom is 0.237 e. The molecule has 158 valence electrons. The number of aryl methyl sites for hydroxylation is 1. The third-order valence-corrected chi connectivity index (χ3v) is 5.75. The van der Waals surface area contributed by atoms with Gasteiger partial charge >= 0.3 is 0 Å². The molecule has 2 aromatic carbocycles. The van der Waals surface area contributed by atoms with Gasteiger partial charge in [0.1, 0.15) is 5.82 Å². The van der Waals surface area contributed by atoms with E-state index in [9.17, 15) is 9.18 Å². The summed E-state index contributed by atoms with van der Waals surface area (Å²) < 4.78 is 20.4. The molecule has 30 heavy (non-hydrogen) atoms. The van der Waals surface area contributed by atoms with Crippen molar-refractivity contribution in [3.63, 3.8) is 0 Å². The van der Waals surface area contributed by atoms with Gasteiger partial charge in [-0.25, -0.2) is 4.39 Å². The van der Waals surface area contributed by atoms with Gasteiger partial charge in [-0.2, -0.15) is 0 Å². The highest BCUT2D eigenvalue weighted by molar-refractivity contribution is 8.00. The molecule has 1 heterocycles. The Labute approximate surface area is 183 Å². The van der Waals surface area contributed by atoms with Gasteiger partial charge in [0.05, 0.1) is 29.1 Å². The Hall–Kier alpha value is -2.42. The van der Waals surface area contributed by atoms with Gasteiger partial charge in [0.25, 0.3) is 0 Å². The van der Waals surface area contributed by atoms with Crippen LogP contribution in [0.3, 0.4) is 0 Å². The van der Waals surface area contributed by atoms with Crippen LogP contribution in [0.5, 0.6) is 0 Å². The quantitative estimate of drug-likeness (QED) is 0.501. The zero-order chi connectivity index (χ0) is 21.7. The van der Waals surface area contributed by atoms with Crippen molar-refractivity contribution in [2.24, 2.45) is 0 Å². The zero-order valence-corrected chi connectivity index (χ0v) is 18.4. The first-order valence-electron chi connectivity index (χ1n) is 9.30. The number of anilines is 1. The van der Waals surface area contributed by atoms with Gasteiger partial charge in [-0.1, -0.05) is 47.1 Å². The number of aromatic nitrogens is 3. The van der Waals surface area contributed by atoms with E-state index >= 15 is 0 Å². The fourth-order valence-electron chi connectivity index (χ4n) is 2.79. The highest BCUT2D eigenvalue weighted by Gasteiger charge is 2.21. The van der Waals surface area contributed by atoms with Crippen LogP contribution in [-0.4, -0.2) is 39.6 Å². The van der Waals surface area contributed by atoms with Crippen LogP contribution in [0.15, 0.2) is 47.6 Å². The second kappa shape index (κ2) is 10.1. The number of carbonyl (C=O) groups excluding carboxylic acids is 1. The summed E-state index contributed by atoms with van der Waals surface area (Å²) in [5.74, 6) is -0.0188. The molecule has 1 N–H and O–H groups in total. The smallest absolute Gasteiger partial charge is 0.237 e.